The fraction of sp³-hybridized carbons (Fsp3) is 0.938. The Morgan fingerprint density at radius 1 is 1.11 bits per heavy atom. The average Bonchev–Trinajstić information content (AvgIpc) is 2.44. The highest BCUT2D eigenvalue weighted by atomic mass is 16.2. The third kappa shape index (κ3) is 6.84. The number of hydrogen-bond acceptors (Lipinski definition) is 1. The van der Waals surface area contributed by atoms with Crippen molar-refractivity contribution in [1.29, 1.82) is 0 Å². The molecule has 0 heterocycles. The van der Waals surface area contributed by atoms with Crippen LogP contribution in [0.4, 0.5) is 4.79 Å². The summed E-state index contributed by atoms with van der Waals surface area (Å²) < 4.78 is 0. The van der Waals surface area contributed by atoms with Gasteiger partial charge < -0.3 is 10.2 Å². The van der Waals surface area contributed by atoms with Crippen LogP contribution in [0.5, 0.6) is 0 Å². The lowest BCUT2D eigenvalue weighted by molar-refractivity contribution is 0.195. The van der Waals surface area contributed by atoms with Crippen LogP contribution >= 0.6 is 0 Å². The summed E-state index contributed by atoms with van der Waals surface area (Å²) in [6.07, 6.45) is 11.4. The van der Waals surface area contributed by atoms with Crippen LogP contribution in [-0.4, -0.2) is 30.6 Å². The Morgan fingerprint density at radius 3 is 2.47 bits per heavy atom. The summed E-state index contributed by atoms with van der Waals surface area (Å²) in [5.74, 6) is 0.851. The summed E-state index contributed by atoms with van der Waals surface area (Å²) in [6, 6.07) is 0.145. The molecule has 1 aliphatic rings. The lowest BCUT2D eigenvalue weighted by Crippen LogP contribution is -2.41. The highest BCUT2D eigenvalue weighted by Crippen LogP contribution is 2.25. The Hall–Kier alpha value is -0.730. The number of amides is 2. The van der Waals surface area contributed by atoms with Crippen molar-refractivity contribution in [1.82, 2.24) is 10.2 Å². The molecule has 112 valence electrons. The van der Waals surface area contributed by atoms with Crippen LogP contribution in [0.25, 0.3) is 0 Å². The SMILES string of the molecule is CCCCN(CCC)C(=O)NCCC1CCCCC1. The highest BCUT2D eigenvalue weighted by Gasteiger charge is 2.15. The molecule has 0 aromatic carbocycles. The molecule has 2 amide bonds. The second-order valence-corrected chi connectivity index (χ2v) is 5.87. The summed E-state index contributed by atoms with van der Waals surface area (Å²) in [5, 5.41) is 3.11. The molecule has 0 aromatic rings. The number of hydrogen-bond donors (Lipinski definition) is 1. The Kier molecular flexibility index (Phi) is 8.68. The van der Waals surface area contributed by atoms with Gasteiger partial charge in [0.1, 0.15) is 0 Å². The van der Waals surface area contributed by atoms with Gasteiger partial charge in [-0.25, -0.2) is 4.79 Å². The number of unbranched alkanes of at least 4 members (excludes halogenated alkanes) is 1. The minimum Gasteiger partial charge on any atom is -0.338 e. The lowest BCUT2D eigenvalue weighted by Gasteiger charge is -2.24. The van der Waals surface area contributed by atoms with Gasteiger partial charge >= 0.3 is 6.03 Å². The van der Waals surface area contributed by atoms with Crippen LogP contribution in [0.15, 0.2) is 0 Å². The molecule has 1 fully saturated rings. The molecule has 0 spiro atoms. The van der Waals surface area contributed by atoms with Crippen molar-refractivity contribution in [2.75, 3.05) is 19.6 Å². The van der Waals surface area contributed by atoms with E-state index in [1.165, 1.54) is 38.5 Å². The van der Waals surface area contributed by atoms with Crippen LogP contribution in [0.3, 0.4) is 0 Å². The molecule has 0 atom stereocenters. The molecule has 0 unspecified atom stereocenters. The van der Waals surface area contributed by atoms with Gasteiger partial charge in [-0.05, 0) is 25.2 Å². The van der Waals surface area contributed by atoms with E-state index in [0.29, 0.717) is 0 Å². The zero-order valence-corrected chi connectivity index (χ0v) is 12.9. The van der Waals surface area contributed by atoms with Gasteiger partial charge in [-0.1, -0.05) is 52.4 Å². The van der Waals surface area contributed by atoms with Crippen molar-refractivity contribution in [3.05, 3.63) is 0 Å². The van der Waals surface area contributed by atoms with E-state index in [9.17, 15) is 4.79 Å². The molecule has 1 rings (SSSR count). The molecule has 19 heavy (non-hydrogen) atoms. The Morgan fingerprint density at radius 2 is 1.84 bits per heavy atom. The van der Waals surface area contributed by atoms with Crippen LogP contribution in [0, 0.1) is 5.92 Å². The van der Waals surface area contributed by atoms with Gasteiger partial charge in [-0.3, -0.25) is 0 Å². The maximum absolute atomic E-state index is 12.1. The fourth-order valence-corrected chi connectivity index (χ4v) is 2.90. The molecule has 0 aliphatic heterocycles. The first kappa shape index (κ1) is 16.3. The molecule has 0 bridgehead atoms. The summed E-state index contributed by atoms with van der Waals surface area (Å²) in [5.41, 5.74) is 0. The predicted molar refractivity (Wildman–Crippen MR) is 81.4 cm³/mol. The zero-order valence-electron chi connectivity index (χ0n) is 12.9. The van der Waals surface area contributed by atoms with Crippen molar-refractivity contribution in [2.24, 2.45) is 5.92 Å². The Bertz CT molecular complexity index is 237. The second kappa shape index (κ2) is 10.1. The zero-order chi connectivity index (χ0) is 13.9. The Balaban J connectivity index is 2.18. The molecule has 3 heteroatoms. The molecule has 0 saturated heterocycles. The molecule has 1 N–H and O–H groups in total. The van der Waals surface area contributed by atoms with E-state index in [1.807, 2.05) is 4.90 Å². The van der Waals surface area contributed by atoms with E-state index in [2.05, 4.69) is 19.2 Å². The predicted octanol–water partition coefficient (Wildman–Crippen LogP) is 4.18. The monoisotopic (exact) mass is 268 g/mol. The van der Waals surface area contributed by atoms with Crippen molar-refractivity contribution < 1.29 is 4.79 Å². The van der Waals surface area contributed by atoms with Crippen molar-refractivity contribution in [3.63, 3.8) is 0 Å². The van der Waals surface area contributed by atoms with E-state index in [0.717, 1.165) is 44.8 Å². The minimum absolute atomic E-state index is 0.145. The molecule has 1 aliphatic carbocycles. The number of nitrogens with one attached hydrogen (secondary N) is 1. The molecule has 3 nitrogen and oxygen atoms in total. The van der Waals surface area contributed by atoms with Crippen molar-refractivity contribution >= 4 is 6.03 Å². The van der Waals surface area contributed by atoms with E-state index in [-0.39, 0.29) is 6.03 Å². The van der Waals surface area contributed by atoms with E-state index in [1.54, 1.807) is 0 Å². The van der Waals surface area contributed by atoms with E-state index >= 15 is 0 Å². The van der Waals surface area contributed by atoms with Gasteiger partial charge in [-0.2, -0.15) is 0 Å². The number of rotatable bonds is 8. The van der Waals surface area contributed by atoms with Gasteiger partial charge in [0.15, 0.2) is 0 Å². The third-order valence-electron chi connectivity index (χ3n) is 4.12. The van der Waals surface area contributed by atoms with Gasteiger partial charge in [0.2, 0.25) is 0 Å². The third-order valence-corrected chi connectivity index (χ3v) is 4.12. The summed E-state index contributed by atoms with van der Waals surface area (Å²) in [4.78, 5) is 14.1. The second-order valence-electron chi connectivity index (χ2n) is 5.87. The molecule has 1 saturated carbocycles. The van der Waals surface area contributed by atoms with Crippen molar-refractivity contribution in [3.8, 4) is 0 Å². The standard InChI is InChI=1S/C16H32N2O/c1-3-5-14-18(13-4-2)16(19)17-12-11-15-9-7-6-8-10-15/h15H,3-14H2,1-2H3,(H,17,19). The first-order valence-corrected chi connectivity index (χ1v) is 8.30. The lowest BCUT2D eigenvalue weighted by atomic mass is 9.87. The largest absolute Gasteiger partial charge is 0.338 e. The summed E-state index contributed by atoms with van der Waals surface area (Å²) >= 11 is 0. The van der Waals surface area contributed by atoms with E-state index < -0.39 is 0 Å². The first-order chi connectivity index (χ1) is 9.27. The van der Waals surface area contributed by atoms with Crippen molar-refractivity contribution in [2.45, 2.75) is 71.6 Å². The normalized spacial score (nSPS) is 16.3. The average molecular weight is 268 g/mol. The number of carbonyl (C=O) groups excluding carboxylic acids is 1. The van der Waals surface area contributed by atoms with Crippen LogP contribution in [0.2, 0.25) is 0 Å². The molecular weight excluding hydrogens is 236 g/mol. The smallest absolute Gasteiger partial charge is 0.317 e. The number of carbonyl (C=O) groups is 1. The molecule has 0 aromatic heterocycles. The van der Waals surface area contributed by atoms with Gasteiger partial charge in [0, 0.05) is 19.6 Å². The minimum atomic E-state index is 0.145. The van der Waals surface area contributed by atoms with Crippen LogP contribution in [-0.2, 0) is 0 Å². The molecule has 0 radical (unpaired) electrons. The Labute approximate surface area is 119 Å². The van der Waals surface area contributed by atoms with Crippen LogP contribution < -0.4 is 5.32 Å². The maximum atomic E-state index is 12.1. The quantitative estimate of drug-likeness (QED) is 0.703. The van der Waals surface area contributed by atoms with E-state index in [4.69, 9.17) is 0 Å². The maximum Gasteiger partial charge on any atom is 0.317 e. The van der Waals surface area contributed by atoms with Gasteiger partial charge in [0.05, 0.1) is 0 Å². The van der Waals surface area contributed by atoms with Crippen LogP contribution in [0.1, 0.15) is 71.6 Å². The number of urea groups is 1. The fourth-order valence-electron chi connectivity index (χ4n) is 2.90. The number of nitrogens with zero attached hydrogens (tertiary/aromatic N) is 1. The van der Waals surface area contributed by atoms with Gasteiger partial charge in [0.25, 0.3) is 0 Å². The topological polar surface area (TPSA) is 32.3 Å². The first-order valence-electron chi connectivity index (χ1n) is 8.30. The van der Waals surface area contributed by atoms with Gasteiger partial charge in [-0.15, -0.1) is 0 Å². The highest BCUT2D eigenvalue weighted by molar-refractivity contribution is 5.74. The summed E-state index contributed by atoms with van der Waals surface area (Å²) in [7, 11) is 0. The molecular formula is C16H32N2O. The summed E-state index contributed by atoms with van der Waals surface area (Å²) in [6.45, 7) is 6.95.